The first-order valence-corrected chi connectivity index (χ1v) is 8.83. The van der Waals surface area contributed by atoms with Gasteiger partial charge in [-0.1, -0.05) is 76.5 Å². The predicted octanol–water partition coefficient (Wildman–Crippen LogP) is 5.87. The van der Waals surface area contributed by atoms with Crippen molar-refractivity contribution in [1.82, 2.24) is 0 Å². The molecule has 0 spiro atoms. The lowest BCUT2D eigenvalue weighted by molar-refractivity contribution is 0.538. The number of benzene rings is 1. The van der Waals surface area contributed by atoms with Crippen LogP contribution in [0.3, 0.4) is 0 Å². The SMILES string of the molecule is CCCCCCCCCCCc1cc2ccccc2oc1=O. The molecule has 0 aliphatic carbocycles. The number of para-hydroxylation sites is 1. The van der Waals surface area contributed by atoms with Gasteiger partial charge in [0.05, 0.1) is 0 Å². The van der Waals surface area contributed by atoms with E-state index < -0.39 is 0 Å². The summed E-state index contributed by atoms with van der Waals surface area (Å²) >= 11 is 0. The second-order valence-corrected chi connectivity index (χ2v) is 6.18. The van der Waals surface area contributed by atoms with E-state index in [-0.39, 0.29) is 5.63 Å². The first kappa shape index (κ1) is 16.8. The molecule has 2 aromatic rings. The Bertz CT molecular complexity index is 612. The molecule has 1 aromatic heterocycles. The maximum absolute atomic E-state index is 11.9. The van der Waals surface area contributed by atoms with Crippen LogP contribution in [0.4, 0.5) is 0 Å². The zero-order valence-corrected chi connectivity index (χ0v) is 13.8. The van der Waals surface area contributed by atoms with Gasteiger partial charge in [-0.3, -0.25) is 0 Å². The average Bonchev–Trinajstić information content (AvgIpc) is 2.53. The topological polar surface area (TPSA) is 30.2 Å². The third-order valence-electron chi connectivity index (χ3n) is 4.26. The van der Waals surface area contributed by atoms with E-state index in [9.17, 15) is 4.79 Å². The molecule has 1 heterocycles. The molecule has 0 unspecified atom stereocenters. The van der Waals surface area contributed by atoms with Gasteiger partial charge >= 0.3 is 5.63 Å². The highest BCUT2D eigenvalue weighted by Gasteiger charge is 2.04. The summed E-state index contributed by atoms with van der Waals surface area (Å²) in [5.74, 6) is 0. The molecule has 0 amide bonds. The Morgan fingerprint density at radius 2 is 1.50 bits per heavy atom. The van der Waals surface area contributed by atoms with E-state index in [2.05, 4.69) is 6.92 Å². The molecule has 0 aliphatic heterocycles. The van der Waals surface area contributed by atoms with E-state index in [4.69, 9.17) is 4.42 Å². The van der Waals surface area contributed by atoms with Gasteiger partial charge in [-0.2, -0.15) is 0 Å². The third kappa shape index (κ3) is 5.32. The van der Waals surface area contributed by atoms with Gasteiger partial charge in [0.1, 0.15) is 5.58 Å². The van der Waals surface area contributed by atoms with Gasteiger partial charge in [0, 0.05) is 10.9 Å². The largest absolute Gasteiger partial charge is 0.423 e. The first-order chi connectivity index (χ1) is 10.8. The molecule has 120 valence electrons. The Morgan fingerprint density at radius 1 is 0.864 bits per heavy atom. The lowest BCUT2D eigenvalue weighted by Gasteiger charge is -2.03. The van der Waals surface area contributed by atoms with Gasteiger partial charge in [0.2, 0.25) is 0 Å². The number of aryl methyl sites for hydroxylation is 1. The lowest BCUT2D eigenvalue weighted by atomic mass is 10.0. The molecule has 1 aromatic carbocycles. The van der Waals surface area contributed by atoms with Crippen LogP contribution in [0, 0.1) is 0 Å². The fraction of sp³-hybridized carbons (Fsp3) is 0.550. The number of unbranched alkanes of at least 4 members (excludes halogenated alkanes) is 8. The zero-order chi connectivity index (χ0) is 15.6. The van der Waals surface area contributed by atoms with Gasteiger partial charge in [-0.15, -0.1) is 0 Å². The van der Waals surface area contributed by atoms with Crippen LogP contribution in [0.25, 0.3) is 11.0 Å². The van der Waals surface area contributed by atoms with Crippen molar-refractivity contribution < 1.29 is 4.42 Å². The Kier molecular flexibility index (Phi) is 7.21. The number of hydrogen-bond donors (Lipinski definition) is 0. The van der Waals surface area contributed by atoms with Gasteiger partial charge in [0.15, 0.2) is 0 Å². The van der Waals surface area contributed by atoms with Crippen LogP contribution < -0.4 is 5.63 Å². The maximum Gasteiger partial charge on any atom is 0.339 e. The Labute approximate surface area is 133 Å². The van der Waals surface area contributed by atoms with Crippen LogP contribution in [0.1, 0.15) is 70.3 Å². The molecule has 0 aliphatic rings. The van der Waals surface area contributed by atoms with E-state index >= 15 is 0 Å². The van der Waals surface area contributed by atoms with Gasteiger partial charge in [0.25, 0.3) is 0 Å². The summed E-state index contributed by atoms with van der Waals surface area (Å²) in [6.07, 6.45) is 12.5. The van der Waals surface area contributed by atoms with Crippen LogP contribution in [-0.2, 0) is 6.42 Å². The van der Waals surface area contributed by atoms with E-state index in [1.807, 2.05) is 30.3 Å². The first-order valence-electron chi connectivity index (χ1n) is 8.83. The zero-order valence-electron chi connectivity index (χ0n) is 13.8. The molecule has 2 rings (SSSR count). The quantitative estimate of drug-likeness (QED) is 0.406. The predicted molar refractivity (Wildman–Crippen MR) is 93.4 cm³/mol. The van der Waals surface area contributed by atoms with Crippen molar-refractivity contribution in [2.24, 2.45) is 0 Å². The van der Waals surface area contributed by atoms with Crippen molar-refractivity contribution in [3.63, 3.8) is 0 Å². The third-order valence-corrected chi connectivity index (χ3v) is 4.26. The summed E-state index contributed by atoms with van der Waals surface area (Å²) in [5.41, 5.74) is 1.34. The minimum Gasteiger partial charge on any atom is -0.423 e. The van der Waals surface area contributed by atoms with E-state index in [1.165, 1.54) is 51.4 Å². The minimum absolute atomic E-state index is 0.168. The number of fused-ring (bicyclic) bond motifs is 1. The Morgan fingerprint density at radius 3 is 2.23 bits per heavy atom. The fourth-order valence-corrected chi connectivity index (χ4v) is 2.91. The summed E-state index contributed by atoms with van der Waals surface area (Å²) in [7, 11) is 0. The summed E-state index contributed by atoms with van der Waals surface area (Å²) in [4.78, 5) is 11.9. The number of hydrogen-bond acceptors (Lipinski definition) is 2. The average molecular weight is 300 g/mol. The minimum atomic E-state index is -0.168. The second-order valence-electron chi connectivity index (χ2n) is 6.18. The molecule has 22 heavy (non-hydrogen) atoms. The van der Waals surface area contributed by atoms with Crippen molar-refractivity contribution in [1.29, 1.82) is 0 Å². The molecular weight excluding hydrogens is 272 g/mol. The van der Waals surface area contributed by atoms with Crippen LogP contribution >= 0.6 is 0 Å². The van der Waals surface area contributed by atoms with Crippen LogP contribution in [0.2, 0.25) is 0 Å². The Balaban J connectivity index is 1.69. The van der Waals surface area contributed by atoms with Crippen LogP contribution in [0.15, 0.2) is 39.5 Å². The molecule has 0 saturated carbocycles. The highest BCUT2D eigenvalue weighted by molar-refractivity contribution is 5.76. The summed E-state index contributed by atoms with van der Waals surface area (Å²) < 4.78 is 5.37. The van der Waals surface area contributed by atoms with Crippen molar-refractivity contribution >= 4 is 11.0 Å². The molecule has 0 atom stereocenters. The molecule has 0 radical (unpaired) electrons. The molecule has 0 saturated heterocycles. The smallest absolute Gasteiger partial charge is 0.339 e. The summed E-state index contributed by atoms with van der Waals surface area (Å²) in [6.45, 7) is 2.25. The molecule has 2 heteroatoms. The lowest BCUT2D eigenvalue weighted by Crippen LogP contribution is -2.06. The van der Waals surface area contributed by atoms with Crippen LogP contribution in [-0.4, -0.2) is 0 Å². The molecule has 0 N–H and O–H groups in total. The van der Waals surface area contributed by atoms with E-state index in [0.717, 1.165) is 23.8 Å². The standard InChI is InChI=1S/C20H28O2/c1-2-3-4-5-6-7-8-9-10-14-18-16-17-13-11-12-15-19(17)22-20(18)21/h11-13,15-16H,2-10,14H2,1H3. The highest BCUT2D eigenvalue weighted by Crippen LogP contribution is 2.15. The van der Waals surface area contributed by atoms with Crippen LogP contribution in [0.5, 0.6) is 0 Å². The summed E-state index contributed by atoms with van der Waals surface area (Å²) in [6, 6.07) is 9.71. The van der Waals surface area contributed by atoms with Crippen molar-refractivity contribution in [2.75, 3.05) is 0 Å². The van der Waals surface area contributed by atoms with Gasteiger partial charge < -0.3 is 4.42 Å². The molecule has 0 bridgehead atoms. The molecule has 0 fully saturated rings. The summed E-state index contributed by atoms with van der Waals surface area (Å²) in [5, 5.41) is 1.02. The van der Waals surface area contributed by atoms with E-state index in [0.29, 0.717) is 5.58 Å². The van der Waals surface area contributed by atoms with Crippen molar-refractivity contribution in [3.8, 4) is 0 Å². The Hall–Kier alpha value is -1.57. The fourth-order valence-electron chi connectivity index (χ4n) is 2.91. The normalized spacial score (nSPS) is 11.1. The van der Waals surface area contributed by atoms with Gasteiger partial charge in [-0.05, 0) is 25.0 Å². The molecule has 2 nitrogen and oxygen atoms in total. The monoisotopic (exact) mass is 300 g/mol. The van der Waals surface area contributed by atoms with Gasteiger partial charge in [-0.25, -0.2) is 4.79 Å². The maximum atomic E-state index is 11.9. The second kappa shape index (κ2) is 9.45. The van der Waals surface area contributed by atoms with Crippen molar-refractivity contribution in [3.05, 3.63) is 46.3 Å². The van der Waals surface area contributed by atoms with E-state index in [1.54, 1.807) is 0 Å². The molecular formula is C20H28O2. The number of rotatable bonds is 10. The van der Waals surface area contributed by atoms with Crippen molar-refractivity contribution in [2.45, 2.75) is 71.1 Å². The highest BCUT2D eigenvalue weighted by atomic mass is 16.4.